The van der Waals surface area contributed by atoms with E-state index < -0.39 is 0 Å². The van der Waals surface area contributed by atoms with E-state index in [0.717, 1.165) is 16.6 Å². The Morgan fingerprint density at radius 2 is 1.81 bits per heavy atom. The van der Waals surface area contributed by atoms with Gasteiger partial charge < -0.3 is 14.2 Å². The van der Waals surface area contributed by atoms with Gasteiger partial charge in [-0.1, -0.05) is 30.3 Å². The van der Waals surface area contributed by atoms with Gasteiger partial charge in [-0.15, -0.1) is 0 Å². The van der Waals surface area contributed by atoms with Gasteiger partial charge in [-0.05, 0) is 37.3 Å². The Hall–Kier alpha value is -3.34. The molecule has 0 spiro atoms. The average molecular weight is 363 g/mol. The van der Waals surface area contributed by atoms with E-state index >= 15 is 0 Å². The molecule has 0 aliphatic carbocycles. The van der Waals surface area contributed by atoms with Crippen molar-refractivity contribution in [3.63, 3.8) is 0 Å². The summed E-state index contributed by atoms with van der Waals surface area (Å²) in [6.45, 7) is 3.87. The summed E-state index contributed by atoms with van der Waals surface area (Å²) in [5.41, 5.74) is 2.27. The fraction of sp³-hybridized carbons (Fsp3) is 0.182. The van der Waals surface area contributed by atoms with Crippen molar-refractivity contribution in [1.82, 2.24) is 4.98 Å². The van der Waals surface area contributed by atoms with Gasteiger partial charge in [0, 0.05) is 17.9 Å². The smallest absolute Gasteiger partial charge is 0.308 e. The van der Waals surface area contributed by atoms with Gasteiger partial charge in [-0.2, -0.15) is 0 Å². The molecule has 0 aliphatic rings. The number of aromatic nitrogens is 1. The maximum Gasteiger partial charge on any atom is 0.308 e. The third-order valence-corrected chi connectivity index (χ3v) is 3.91. The van der Waals surface area contributed by atoms with Crippen LogP contribution in [0.5, 0.6) is 17.2 Å². The summed E-state index contributed by atoms with van der Waals surface area (Å²) in [5.74, 6) is 1.46. The van der Waals surface area contributed by atoms with Crippen molar-refractivity contribution in [1.29, 1.82) is 0 Å². The molecule has 5 nitrogen and oxygen atoms in total. The highest BCUT2D eigenvalue weighted by Crippen LogP contribution is 2.32. The van der Waals surface area contributed by atoms with Crippen LogP contribution in [-0.2, 0) is 4.79 Å². The summed E-state index contributed by atoms with van der Waals surface area (Å²) >= 11 is 0. The normalized spacial score (nSPS) is 10.9. The van der Waals surface area contributed by atoms with Crippen LogP contribution in [0.25, 0.3) is 23.1 Å². The molecule has 138 valence electrons. The molecule has 0 radical (unpaired) electrons. The Bertz CT molecular complexity index is 995. The lowest BCUT2D eigenvalue weighted by molar-refractivity contribution is -0.131. The van der Waals surface area contributed by atoms with Crippen molar-refractivity contribution < 1.29 is 19.0 Å². The zero-order chi connectivity index (χ0) is 19.2. The molecular weight excluding hydrogens is 342 g/mol. The number of carbonyl (C=O) groups excluding carboxylic acids is 1. The Morgan fingerprint density at radius 1 is 1.04 bits per heavy atom. The van der Waals surface area contributed by atoms with Crippen molar-refractivity contribution in [2.45, 2.75) is 13.8 Å². The number of para-hydroxylation sites is 2. The van der Waals surface area contributed by atoms with E-state index in [0.29, 0.717) is 29.4 Å². The highest BCUT2D eigenvalue weighted by atomic mass is 16.5. The number of methoxy groups -OCH3 is 1. The van der Waals surface area contributed by atoms with E-state index in [4.69, 9.17) is 14.2 Å². The molecule has 1 heterocycles. The number of rotatable bonds is 6. The Morgan fingerprint density at radius 3 is 2.56 bits per heavy atom. The number of nitrogens with zero attached hydrogens (tertiary/aromatic N) is 1. The average Bonchev–Trinajstić information content (AvgIpc) is 2.66. The monoisotopic (exact) mass is 363 g/mol. The van der Waals surface area contributed by atoms with Gasteiger partial charge in [0.05, 0.1) is 19.4 Å². The molecule has 0 saturated heterocycles. The van der Waals surface area contributed by atoms with Gasteiger partial charge in [0.15, 0.2) is 17.2 Å². The quantitative estimate of drug-likeness (QED) is 0.468. The van der Waals surface area contributed by atoms with Crippen molar-refractivity contribution in [3.05, 3.63) is 59.8 Å². The van der Waals surface area contributed by atoms with Crippen molar-refractivity contribution in [2.24, 2.45) is 0 Å². The molecule has 0 saturated carbocycles. The largest absolute Gasteiger partial charge is 0.492 e. The molecule has 27 heavy (non-hydrogen) atoms. The lowest BCUT2D eigenvalue weighted by Crippen LogP contribution is -2.02. The van der Waals surface area contributed by atoms with Crippen LogP contribution in [0.1, 0.15) is 25.1 Å². The minimum atomic E-state index is -0.372. The van der Waals surface area contributed by atoms with E-state index in [9.17, 15) is 4.79 Å². The van der Waals surface area contributed by atoms with Crippen LogP contribution in [0.2, 0.25) is 0 Å². The molecule has 0 amide bonds. The molecule has 3 aromatic rings. The molecule has 5 heteroatoms. The molecule has 1 aromatic heterocycles. The summed E-state index contributed by atoms with van der Waals surface area (Å²) in [7, 11) is 1.62. The van der Waals surface area contributed by atoms with Crippen LogP contribution in [-0.4, -0.2) is 24.7 Å². The van der Waals surface area contributed by atoms with Crippen LogP contribution in [0.4, 0.5) is 0 Å². The lowest BCUT2D eigenvalue weighted by atomic mass is 10.1. The molecule has 0 unspecified atom stereocenters. The Labute approximate surface area is 158 Å². The van der Waals surface area contributed by atoms with E-state index in [1.165, 1.54) is 6.92 Å². The molecule has 2 aromatic carbocycles. The topological polar surface area (TPSA) is 57.7 Å². The lowest BCUT2D eigenvalue weighted by Gasteiger charge is -2.11. The number of benzene rings is 2. The molecule has 0 aliphatic heterocycles. The van der Waals surface area contributed by atoms with Gasteiger partial charge in [0.2, 0.25) is 0 Å². The maximum atomic E-state index is 11.3. The number of hydrogen-bond donors (Lipinski definition) is 0. The highest BCUT2D eigenvalue weighted by Gasteiger charge is 2.09. The fourth-order valence-corrected chi connectivity index (χ4v) is 2.79. The number of esters is 1. The fourth-order valence-electron chi connectivity index (χ4n) is 2.79. The van der Waals surface area contributed by atoms with Crippen LogP contribution in [0.3, 0.4) is 0 Å². The molecule has 3 rings (SSSR count). The first-order chi connectivity index (χ1) is 13.1. The summed E-state index contributed by atoms with van der Waals surface area (Å²) in [6, 6.07) is 15.1. The second-order valence-electron chi connectivity index (χ2n) is 5.80. The van der Waals surface area contributed by atoms with Crippen molar-refractivity contribution in [3.8, 4) is 17.2 Å². The minimum Gasteiger partial charge on any atom is -0.492 e. The number of hydrogen-bond acceptors (Lipinski definition) is 5. The van der Waals surface area contributed by atoms with E-state index in [1.54, 1.807) is 13.2 Å². The predicted molar refractivity (Wildman–Crippen MR) is 106 cm³/mol. The molecule has 0 N–H and O–H groups in total. The summed E-state index contributed by atoms with van der Waals surface area (Å²) in [4.78, 5) is 15.9. The van der Waals surface area contributed by atoms with Gasteiger partial charge in [-0.25, -0.2) is 4.98 Å². The number of ether oxygens (including phenoxy) is 3. The number of carbonyl (C=O) groups is 1. The van der Waals surface area contributed by atoms with Gasteiger partial charge in [-0.3, -0.25) is 4.79 Å². The number of pyridine rings is 1. The van der Waals surface area contributed by atoms with Crippen molar-refractivity contribution >= 4 is 29.0 Å². The van der Waals surface area contributed by atoms with E-state index in [2.05, 4.69) is 4.98 Å². The van der Waals surface area contributed by atoms with E-state index in [1.807, 2.05) is 61.5 Å². The molecular formula is C22H21NO4. The summed E-state index contributed by atoms with van der Waals surface area (Å²) in [5, 5.41) is 0.904. The first-order valence-corrected chi connectivity index (χ1v) is 8.68. The Balaban J connectivity index is 1.97. The first kappa shape index (κ1) is 18.5. The number of fused-ring (bicyclic) bond motifs is 1. The third kappa shape index (κ3) is 4.26. The SMILES string of the molecule is CCOc1cccc(C=Cc2ccc3cccc(OC(C)=O)c3n2)c1OC. The molecule has 0 bridgehead atoms. The van der Waals surface area contributed by atoms with Crippen LogP contribution >= 0.6 is 0 Å². The zero-order valence-corrected chi connectivity index (χ0v) is 15.6. The minimum absolute atomic E-state index is 0.372. The maximum absolute atomic E-state index is 11.3. The standard InChI is InChI=1S/C22H21NO4/c1-4-26-20-10-6-8-17(22(20)25-3)12-14-18-13-11-16-7-5-9-19(21(16)23-18)27-15(2)24/h5-14H,4H2,1-3H3. The summed E-state index contributed by atoms with van der Waals surface area (Å²) < 4.78 is 16.4. The summed E-state index contributed by atoms with van der Waals surface area (Å²) in [6.07, 6.45) is 3.81. The second-order valence-corrected chi connectivity index (χ2v) is 5.80. The second kappa shape index (κ2) is 8.36. The van der Waals surface area contributed by atoms with E-state index in [-0.39, 0.29) is 5.97 Å². The van der Waals surface area contributed by atoms with Gasteiger partial charge in [0.1, 0.15) is 5.52 Å². The first-order valence-electron chi connectivity index (χ1n) is 8.68. The van der Waals surface area contributed by atoms with Crippen molar-refractivity contribution in [2.75, 3.05) is 13.7 Å². The Kier molecular flexibility index (Phi) is 5.71. The van der Waals surface area contributed by atoms with Crippen LogP contribution in [0.15, 0.2) is 48.5 Å². The van der Waals surface area contributed by atoms with Crippen LogP contribution in [0, 0.1) is 0 Å². The molecule has 0 fully saturated rings. The third-order valence-electron chi connectivity index (χ3n) is 3.91. The van der Waals surface area contributed by atoms with Gasteiger partial charge >= 0.3 is 5.97 Å². The zero-order valence-electron chi connectivity index (χ0n) is 15.6. The van der Waals surface area contributed by atoms with Gasteiger partial charge in [0.25, 0.3) is 0 Å². The molecule has 0 atom stereocenters. The predicted octanol–water partition coefficient (Wildman–Crippen LogP) is 4.74. The highest BCUT2D eigenvalue weighted by molar-refractivity contribution is 5.88. The van der Waals surface area contributed by atoms with Crippen LogP contribution < -0.4 is 14.2 Å².